The van der Waals surface area contributed by atoms with E-state index in [1.54, 1.807) is 17.0 Å². The molecule has 4 aliphatic rings. The second-order valence-corrected chi connectivity index (χ2v) is 15.8. The van der Waals surface area contributed by atoms with E-state index in [0.29, 0.717) is 16.8 Å². The first-order chi connectivity index (χ1) is 22.2. The number of hydrogen-bond acceptors (Lipinski definition) is 5. The van der Waals surface area contributed by atoms with Gasteiger partial charge >= 0.3 is 6.18 Å². The first-order valence-electron chi connectivity index (χ1n) is 16.0. The standard InChI is InChI=1S/C23H23ClF3NO4S.C12H14ClN/c1-13(23(25,26)27)32-21-10-8-15(33(2,30)31)12-18(21)22(29)28-19-6-4-3-5-16(19)17-11-14(24)7-9-20(17)28;13-8-5-6-12-10(7-8)9-3-1-2-4-11(9)14-12/h7-13,16,19H,3-6H2,1-2H3;5-7,9,11,14H,1-4H2/t13-,16?,19?;/m0./s1. The van der Waals surface area contributed by atoms with Crippen LogP contribution in [0, 0.1) is 0 Å². The van der Waals surface area contributed by atoms with Gasteiger partial charge in [-0.1, -0.05) is 48.9 Å². The van der Waals surface area contributed by atoms with Gasteiger partial charge in [0, 0.05) is 51.6 Å². The van der Waals surface area contributed by atoms with Crippen molar-refractivity contribution in [1.82, 2.24) is 0 Å². The molecule has 0 saturated heterocycles. The van der Waals surface area contributed by atoms with E-state index in [1.807, 2.05) is 12.1 Å². The number of nitrogens with one attached hydrogen (secondary N) is 1. The van der Waals surface area contributed by atoms with Gasteiger partial charge in [0.1, 0.15) is 5.75 Å². The second-order valence-electron chi connectivity index (χ2n) is 12.9. The summed E-state index contributed by atoms with van der Waals surface area (Å²) in [6, 6.07) is 15.3. The van der Waals surface area contributed by atoms with Crippen molar-refractivity contribution < 1.29 is 31.1 Å². The van der Waals surface area contributed by atoms with Gasteiger partial charge in [0.25, 0.3) is 5.91 Å². The number of ether oxygens (including phenoxy) is 1. The largest absolute Gasteiger partial charge is 0.480 e. The van der Waals surface area contributed by atoms with Crippen molar-refractivity contribution in [3.8, 4) is 5.75 Å². The summed E-state index contributed by atoms with van der Waals surface area (Å²) in [7, 11) is -3.71. The van der Waals surface area contributed by atoms with Crippen molar-refractivity contribution >= 4 is 50.3 Å². The molecule has 2 fully saturated rings. The van der Waals surface area contributed by atoms with Crippen LogP contribution in [-0.4, -0.2) is 44.9 Å². The molecule has 12 heteroatoms. The number of rotatable bonds is 4. The minimum Gasteiger partial charge on any atom is -0.480 e. The average Bonchev–Trinajstić information content (AvgIpc) is 3.55. The number of nitrogens with zero attached hydrogens (tertiary/aromatic N) is 1. The SMILES string of the molecule is C[C@H](Oc1ccc(S(C)(=O)=O)cc1C(=O)N1c2ccc(Cl)cc2C2CCCCC21)C(F)(F)F.Clc1ccc2c(c1)C1CCCCC1N2. The van der Waals surface area contributed by atoms with Crippen molar-refractivity contribution in [3.63, 3.8) is 0 Å². The summed E-state index contributed by atoms with van der Waals surface area (Å²) in [6.45, 7) is 0.836. The monoisotopic (exact) mass is 708 g/mol. The Morgan fingerprint density at radius 3 is 2.23 bits per heavy atom. The van der Waals surface area contributed by atoms with Crippen LogP contribution in [0.1, 0.15) is 91.6 Å². The van der Waals surface area contributed by atoms with Crippen LogP contribution in [0.4, 0.5) is 24.5 Å². The van der Waals surface area contributed by atoms with Gasteiger partial charge in [0.15, 0.2) is 15.9 Å². The number of fused-ring (bicyclic) bond motifs is 6. The molecule has 47 heavy (non-hydrogen) atoms. The molecule has 1 N–H and O–H groups in total. The lowest BCUT2D eigenvalue weighted by molar-refractivity contribution is -0.189. The van der Waals surface area contributed by atoms with E-state index in [4.69, 9.17) is 27.9 Å². The number of sulfone groups is 1. The van der Waals surface area contributed by atoms with Gasteiger partial charge in [-0.05, 0) is 98.3 Å². The van der Waals surface area contributed by atoms with Gasteiger partial charge in [0.2, 0.25) is 0 Å². The molecule has 0 aromatic heterocycles. The van der Waals surface area contributed by atoms with E-state index in [9.17, 15) is 26.4 Å². The number of amides is 1. The van der Waals surface area contributed by atoms with E-state index in [-0.39, 0.29) is 28.2 Å². The van der Waals surface area contributed by atoms with Crippen LogP contribution in [0.2, 0.25) is 10.0 Å². The highest BCUT2D eigenvalue weighted by Gasteiger charge is 2.44. The normalized spacial score (nSPS) is 23.7. The van der Waals surface area contributed by atoms with Gasteiger partial charge in [0.05, 0.1) is 10.5 Å². The molecular formula is C35H37Cl2F3N2O4S. The molecular weight excluding hydrogens is 672 g/mol. The first-order valence-corrected chi connectivity index (χ1v) is 18.6. The van der Waals surface area contributed by atoms with E-state index in [0.717, 1.165) is 73.6 Å². The maximum absolute atomic E-state index is 13.8. The molecule has 1 amide bonds. The summed E-state index contributed by atoms with van der Waals surface area (Å²) in [5, 5.41) is 5.01. The Balaban J connectivity index is 0.000000227. The van der Waals surface area contributed by atoms with Crippen molar-refractivity contribution in [1.29, 1.82) is 0 Å². The zero-order valence-corrected chi connectivity index (χ0v) is 28.4. The second kappa shape index (κ2) is 13.2. The van der Waals surface area contributed by atoms with Crippen molar-refractivity contribution in [2.75, 3.05) is 16.5 Å². The molecule has 2 saturated carbocycles. The maximum Gasteiger partial charge on any atom is 0.425 e. The van der Waals surface area contributed by atoms with Gasteiger partial charge in [-0.15, -0.1) is 0 Å². The number of hydrogen-bond donors (Lipinski definition) is 1. The predicted octanol–water partition coefficient (Wildman–Crippen LogP) is 9.55. The van der Waals surface area contributed by atoms with Gasteiger partial charge in [-0.3, -0.25) is 4.79 Å². The van der Waals surface area contributed by atoms with E-state index in [2.05, 4.69) is 17.4 Å². The molecule has 2 heterocycles. The molecule has 2 aliphatic heterocycles. The van der Waals surface area contributed by atoms with Crippen LogP contribution in [0.5, 0.6) is 5.75 Å². The summed E-state index contributed by atoms with van der Waals surface area (Å²) in [6.07, 6.45) is 3.01. The smallest absolute Gasteiger partial charge is 0.425 e. The van der Waals surface area contributed by atoms with E-state index < -0.39 is 28.0 Å². The Morgan fingerprint density at radius 1 is 0.894 bits per heavy atom. The molecule has 4 unspecified atom stereocenters. The van der Waals surface area contributed by atoms with Crippen molar-refractivity contribution in [2.24, 2.45) is 0 Å². The Morgan fingerprint density at radius 2 is 1.53 bits per heavy atom. The third-order valence-electron chi connectivity index (χ3n) is 9.82. The molecule has 0 radical (unpaired) electrons. The van der Waals surface area contributed by atoms with Crippen LogP contribution >= 0.6 is 23.2 Å². The van der Waals surface area contributed by atoms with Gasteiger partial charge in [-0.2, -0.15) is 13.2 Å². The Hall–Kier alpha value is -2.95. The van der Waals surface area contributed by atoms with Crippen LogP contribution < -0.4 is 15.0 Å². The molecule has 0 spiro atoms. The lowest BCUT2D eigenvalue weighted by Gasteiger charge is -2.32. The number of carbonyl (C=O) groups excluding carboxylic acids is 1. The predicted molar refractivity (Wildman–Crippen MR) is 179 cm³/mol. The first kappa shape index (κ1) is 33.9. The number of benzene rings is 3. The quantitative estimate of drug-likeness (QED) is 0.292. The molecule has 5 atom stereocenters. The zero-order valence-electron chi connectivity index (χ0n) is 26.1. The Kier molecular flexibility index (Phi) is 9.50. The molecule has 6 nitrogen and oxygen atoms in total. The topological polar surface area (TPSA) is 75.7 Å². The number of alkyl halides is 3. The molecule has 7 rings (SSSR count). The minimum absolute atomic E-state index is 0.0629. The van der Waals surface area contributed by atoms with Crippen LogP contribution in [0.15, 0.2) is 59.5 Å². The number of carbonyl (C=O) groups is 1. The number of halogens is 5. The van der Waals surface area contributed by atoms with E-state index in [1.165, 1.54) is 36.9 Å². The average molecular weight is 710 g/mol. The minimum atomic E-state index is -4.65. The van der Waals surface area contributed by atoms with Crippen LogP contribution in [-0.2, 0) is 9.84 Å². The summed E-state index contributed by atoms with van der Waals surface area (Å²) in [5.74, 6) is -0.125. The fourth-order valence-corrected chi connectivity index (χ4v) is 8.52. The maximum atomic E-state index is 13.8. The van der Waals surface area contributed by atoms with Crippen LogP contribution in [0.25, 0.3) is 0 Å². The van der Waals surface area contributed by atoms with Gasteiger partial charge < -0.3 is 15.0 Å². The van der Waals surface area contributed by atoms with E-state index >= 15 is 0 Å². The molecule has 3 aromatic rings. The third-order valence-corrected chi connectivity index (χ3v) is 11.4. The van der Waals surface area contributed by atoms with Gasteiger partial charge in [-0.25, -0.2) is 8.42 Å². The highest BCUT2D eigenvalue weighted by molar-refractivity contribution is 7.90. The highest BCUT2D eigenvalue weighted by atomic mass is 35.5. The fraction of sp³-hybridized carbons (Fsp3) is 0.457. The highest BCUT2D eigenvalue weighted by Crippen LogP contribution is 2.50. The Labute approximate surface area is 283 Å². The van der Waals surface area contributed by atoms with Crippen molar-refractivity contribution in [2.45, 2.75) is 99.4 Å². The lowest BCUT2D eigenvalue weighted by atomic mass is 9.82. The summed E-state index contributed by atoms with van der Waals surface area (Å²) < 4.78 is 68.9. The summed E-state index contributed by atoms with van der Waals surface area (Å²) in [5.41, 5.74) is 4.10. The Bertz CT molecular complexity index is 1780. The van der Waals surface area contributed by atoms with Crippen LogP contribution in [0.3, 0.4) is 0 Å². The molecule has 252 valence electrons. The fourth-order valence-electron chi connectivity index (χ4n) is 7.51. The summed E-state index contributed by atoms with van der Waals surface area (Å²) >= 11 is 12.2. The molecule has 3 aromatic carbocycles. The number of anilines is 2. The lowest BCUT2D eigenvalue weighted by Crippen LogP contribution is -2.41. The van der Waals surface area contributed by atoms with Crippen molar-refractivity contribution in [3.05, 3.63) is 81.3 Å². The summed E-state index contributed by atoms with van der Waals surface area (Å²) in [4.78, 5) is 15.2. The molecule has 2 aliphatic carbocycles. The molecule has 0 bridgehead atoms. The third kappa shape index (κ3) is 6.97. The zero-order chi connectivity index (χ0) is 33.7.